The van der Waals surface area contributed by atoms with Gasteiger partial charge in [0, 0.05) is 18.2 Å². The standard InChI is InChI=1S/C17H17NO4/c1-22-15-11-13(8-9-14(15)17(20)21)18-16(19)10-7-12-5-3-2-4-6-12/h2-6,8-9,11H,7,10H2,1H3,(H,18,19)(H,20,21). The zero-order valence-corrected chi connectivity index (χ0v) is 12.2. The molecule has 2 aromatic carbocycles. The van der Waals surface area contributed by atoms with Crippen molar-refractivity contribution in [3.8, 4) is 5.75 Å². The van der Waals surface area contributed by atoms with E-state index in [4.69, 9.17) is 9.84 Å². The Morgan fingerprint density at radius 1 is 1.14 bits per heavy atom. The first-order valence-electron chi connectivity index (χ1n) is 6.85. The van der Waals surface area contributed by atoms with Crippen molar-refractivity contribution in [2.24, 2.45) is 0 Å². The second kappa shape index (κ2) is 7.26. The van der Waals surface area contributed by atoms with E-state index in [2.05, 4.69) is 5.32 Å². The van der Waals surface area contributed by atoms with E-state index in [1.165, 1.54) is 19.2 Å². The highest BCUT2D eigenvalue weighted by Crippen LogP contribution is 2.23. The van der Waals surface area contributed by atoms with Crippen LogP contribution in [0.5, 0.6) is 5.75 Å². The van der Waals surface area contributed by atoms with Crippen LogP contribution >= 0.6 is 0 Å². The summed E-state index contributed by atoms with van der Waals surface area (Å²) in [5.41, 5.74) is 1.67. The Balaban J connectivity index is 1.98. The number of aromatic carboxylic acids is 1. The minimum atomic E-state index is -1.07. The van der Waals surface area contributed by atoms with Crippen LogP contribution < -0.4 is 10.1 Å². The predicted octanol–water partition coefficient (Wildman–Crippen LogP) is 2.96. The summed E-state index contributed by atoms with van der Waals surface area (Å²) in [4.78, 5) is 22.9. The molecule has 0 heterocycles. The lowest BCUT2D eigenvalue weighted by atomic mass is 10.1. The van der Waals surface area contributed by atoms with Gasteiger partial charge in [0.15, 0.2) is 0 Å². The SMILES string of the molecule is COc1cc(NC(=O)CCc2ccccc2)ccc1C(=O)O. The number of hydrogen-bond acceptors (Lipinski definition) is 3. The van der Waals surface area contributed by atoms with Crippen LogP contribution in [0.25, 0.3) is 0 Å². The lowest BCUT2D eigenvalue weighted by molar-refractivity contribution is -0.116. The Kier molecular flexibility index (Phi) is 5.14. The Morgan fingerprint density at radius 3 is 2.50 bits per heavy atom. The van der Waals surface area contributed by atoms with Crippen molar-refractivity contribution in [3.05, 3.63) is 59.7 Å². The number of amides is 1. The molecule has 0 unspecified atom stereocenters. The largest absolute Gasteiger partial charge is 0.496 e. The van der Waals surface area contributed by atoms with Gasteiger partial charge < -0.3 is 15.2 Å². The normalized spacial score (nSPS) is 10.0. The molecule has 2 N–H and O–H groups in total. The summed E-state index contributed by atoms with van der Waals surface area (Å²) in [6.45, 7) is 0. The van der Waals surface area contributed by atoms with Crippen molar-refractivity contribution >= 4 is 17.6 Å². The van der Waals surface area contributed by atoms with Gasteiger partial charge in [-0.15, -0.1) is 0 Å². The van der Waals surface area contributed by atoms with Crippen LogP contribution in [-0.4, -0.2) is 24.1 Å². The van der Waals surface area contributed by atoms with Gasteiger partial charge in [-0.2, -0.15) is 0 Å². The van der Waals surface area contributed by atoms with Crippen molar-refractivity contribution in [2.45, 2.75) is 12.8 Å². The van der Waals surface area contributed by atoms with Gasteiger partial charge in [-0.05, 0) is 24.1 Å². The molecule has 0 aliphatic carbocycles. The molecule has 0 bridgehead atoms. The van der Waals surface area contributed by atoms with Gasteiger partial charge >= 0.3 is 5.97 Å². The zero-order valence-electron chi connectivity index (χ0n) is 12.2. The van der Waals surface area contributed by atoms with Gasteiger partial charge in [-0.25, -0.2) is 4.79 Å². The van der Waals surface area contributed by atoms with Crippen LogP contribution in [0.15, 0.2) is 48.5 Å². The molecular formula is C17H17NO4. The maximum Gasteiger partial charge on any atom is 0.339 e. The quantitative estimate of drug-likeness (QED) is 0.860. The fraction of sp³-hybridized carbons (Fsp3) is 0.176. The van der Waals surface area contributed by atoms with E-state index in [9.17, 15) is 9.59 Å². The summed E-state index contributed by atoms with van der Waals surface area (Å²) in [7, 11) is 1.39. The minimum Gasteiger partial charge on any atom is -0.496 e. The predicted molar refractivity (Wildman–Crippen MR) is 83.3 cm³/mol. The van der Waals surface area contributed by atoms with Crippen LogP contribution in [0.4, 0.5) is 5.69 Å². The van der Waals surface area contributed by atoms with Gasteiger partial charge in [0.05, 0.1) is 7.11 Å². The van der Waals surface area contributed by atoms with Crippen molar-refractivity contribution in [3.63, 3.8) is 0 Å². The van der Waals surface area contributed by atoms with Crippen molar-refractivity contribution in [2.75, 3.05) is 12.4 Å². The second-order valence-electron chi connectivity index (χ2n) is 4.75. The summed E-state index contributed by atoms with van der Waals surface area (Å²) in [6.07, 6.45) is 1.00. The smallest absolute Gasteiger partial charge is 0.339 e. The molecule has 0 saturated carbocycles. The number of ether oxygens (including phenoxy) is 1. The van der Waals surface area contributed by atoms with Crippen LogP contribution in [-0.2, 0) is 11.2 Å². The number of aryl methyl sites for hydroxylation is 1. The molecule has 2 rings (SSSR count). The van der Waals surface area contributed by atoms with Gasteiger partial charge in [0.25, 0.3) is 0 Å². The number of carboxylic acids is 1. The number of carbonyl (C=O) groups excluding carboxylic acids is 1. The van der Waals surface area contributed by atoms with Gasteiger partial charge in [0.2, 0.25) is 5.91 Å². The molecule has 0 aliphatic heterocycles. The maximum absolute atomic E-state index is 11.9. The number of hydrogen-bond donors (Lipinski definition) is 2. The first kappa shape index (κ1) is 15.6. The average molecular weight is 299 g/mol. The van der Waals surface area contributed by atoms with Crippen molar-refractivity contribution in [1.82, 2.24) is 0 Å². The molecule has 5 nitrogen and oxygen atoms in total. The Bertz CT molecular complexity index is 668. The molecule has 1 amide bonds. The van der Waals surface area contributed by atoms with Crippen LogP contribution in [0.3, 0.4) is 0 Å². The molecule has 0 fully saturated rings. The summed E-state index contributed by atoms with van der Waals surface area (Å²) < 4.78 is 5.03. The summed E-state index contributed by atoms with van der Waals surface area (Å²) in [5.74, 6) is -0.985. The monoisotopic (exact) mass is 299 g/mol. The third kappa shape index (κ3) is 4.09. The van der Waals surface area contributed by atoms with Crippen molar-refractivity contribution in [1.29, 1.82) is 0 Å². The third-order valence-corrected chi connectivity index (χ3v) is 3.20. The third-order valence-electron chi connectivity index (χ3n) is 3.20. The molecule has 0 atom stereocenters. The molecule has 22 heavy (non-hydrogen) atoms. The highest BCUT2D eigenvalue weighted by atomic mass is 16.5. The van der Waals surface area contributed by atoms with Gasteiger partial charge in [-0.3, -0.25) is 4.79 Å². The number of anilines is 1. The highest BCUT2D eigenvalue weighted by molar-refractivity contribution is 5.94. The Morgan fingerprint density at radius 2 is 1.86 bits per heavy atom. The molecule has 0 spiro atoms. The molecular weight excluding hydrogens is 282 g/mol. The number of rotatable bonds is 6. The van der Waals surface area contributed by atoms with E-state index in [0.717, 1.165) is 5.56 Å². The van der Waals surface area contributed by atoms with Gasteiger partial charge in [-0.1, -0.05) is 30.3 Å². The van der Waals surface area contributed by atoms with Gasteiger partial charge in [0.1, 0.15) is 11.3 Å². The lowest BCUT2D eigenvalue weighted by Gasteiger charge is -2.09. The number of nitrogens with one attached hydrogen (secondary N) is 1. The van der Waals surface area contributed by atoms with Crippen molar-refractivity contribution < 1.29 is 19.4 Å². The van der Waals surface area contributed by atoms with E-state index >= 15 is 0 Å². The van der Waals surface area contributed by atoms with E-state index < -0.39 is 5.97 Å². The lowest BCUT2D eigenvalue weighted by Crippen LogP contribution is -2.12. The van der Waals surface area contributed by atoms with Crippen LogP contribution in [0.2, 0.25) is 0 Å². The van der Waals surface area contributed by atoms with Crippen LogP contribution in [0.1, 0.15) is 22.3 Å². The molecule has 0 radical (unpaired) electrons. The molecule has 114 valence electrons. The Hall–Kier alpha value is -2.82. The zero-order chi connectivity index (χ0) is 15.9. The number of carboxylic acid groups (broad SMARTS) is 1. The van der Waals surface area contributed by atoms with E-state index in [1.54, 1.807) is 6.07 Å². The molecule has 5 heteroatoms. The van der Waals surface area contributed by atoms with Crippen LogP contribution in [0, 0.1) is 0 Å². The average Bonchev–Trinajstić information content (AvgIpc) is 2.53. The second-order valence-corrected chi connectivity index (χ2v) is 4.75. The first-order chi connectivity index (χ1) is 10.6. The summed E-state index contributed by atoms with van der Waals surface area (Å²) >= 11 is 0. The van der Waals surface area contributed by atoms with E-state index in [-0.39, 0.29) is 17.2 Å². The highest BCUT2D eigenvalue weighted by Gasteiger charge is 2.12. The fourth-order valence-electron chi connectivity index (χ4n) is 2.07. The van der Waals surface area contributed by atoms with E-state index in [1.807, 2.05) is 30.3 Å². The first-order valence-corrected chi connectivity index (χ1v) is 6.85. The number of benzene rings is 2. The molecule has 0 aliphatic rings. The minimum absolute atomic E-state index is 0.0600. The molecule has 0 saturated heterocycles. The topological polar surface area (TPSA) is 75.6 Å². The number of methoxy groups -OCH3 is 1. The summed E-state index contributed by atoms with van der Waals surface area (Å²) in [6, 6.07) is 14.2. The number of carbonyl (C=O) groups is 2. The van der Waals surface area contributed by atoms with E-state index in [0.29, 0.717) is 18.5 Å². The Labute approximate surface area is 128 Å². The molecule has 2 aromatic rings. The maximum atomic E-state index is 11.9. The summed E-state index contributed by atoms with van der Waals surface area (Å²) in [5, 5.41) is 11.8. The molecule has 0 aromatic heterocycles. The fourth-order valence-corrected chi connectivity index (χ4v) is 2.07.